The monoisotopic (exact) mass is 249 g/mol. The maximum absolute atomic E-state index is 13.3. The first-order chi connectivity index (χ1) is 8.22. The van der Waals surface area contributed by atoms with E-state index in [-0.39, 0.29) is 11.9 Å². The lowest BCUT2D eigenvalue weighted by Gasteiger charge is -2.18. The molecule has 2 aromatic rings. The Hall–Kier alpha value is -1.38. The van der Waals surface area contributed by atoms with E-state index >= 15 is 0 Å². The van der Waals surface area contributed by atoms with Gasteiger partial charge in [-0.05, 0) is 36.4 Å². The Bertz CT molecular complexity index is 499. The van der Waals surface area contributed by atoms with E-state index in [1.54, 1.807) is 6.07 Å². The van der Waals surface area contributed by atoms with Crippen LogP contribution in [0, 0.1) is 5.82 Å². The van der Waals surface area contributed by atoms with Crippen molar-refractivity contribution < 1.29 is 4.39 Å². The summed E-state index contributed by atoms with van der Waals surface area (Å²) in [7, 11) is 1.83. The van der Waals surface area contributed by atoms with E-state index in [0.717, 1.165) is 11.1 Å². The minimum Gasteiger partial charge on any atom is -0.309 e. The van der Waals surface area contributed by atoms with Crippen LogP contribution < -0.4 is 5.32 Å². The molecule has 17 heavy (non-hydrogen) atoms. The molecule has 1 nitrogen and oxygen atoms in total. The maximum atomic E-state index is 13.3. The molecule has 1 unspecified atom stereocenters. The maximum Gasteiger partial charge on any atom is 0.123 e. The topological polar surface area (TPSA) is 12.0 Å². The molecule has 0 fully saturated rings. The van der Waals surface area contributed by atoms with Crippen molar-refractivity contribution in [1.82, 2.24) is 5.32 Å². The van der Waals surface area contributed by atoms with Crippen molar-refractivity contribution in [3.05, 3.63) is 70.5 Å². The van der Waals surface area contributed by atoms with E-state index in [9.17, 15) is 4.39 Å². The Morgan fingerprint density at radius 2 is 1.82 bits per heavy atom. The second-order valence-electron chi connectivity index (χ2n) is 3.80. The highest BCUT2D eigenvalue weighted by atomic mass is 35.5. The van der Waals surface area contributed by atoms with Crippen LogP contribution in [0.1, 0.15) is 17.2 Å². The highest BCUT2D eigenvalue weighted by Crippen LogP contribution is 2.28. The van der Waals surface area contributed by atoms with E-state index in [2.05, 4.69) is 5.32 Å². The van der Waals surface area contributed by atoms with Crippen LogP contribution in [0.3, 0.4) is 0 Å². The molecule has 88 valence electrons. The lowest BCUT2D eigenvalue weighted by Crippen LogP contribution is -2.18. The molecule has 2 aromatic carbocycles. The summed E-state index contributed by atoms with van der Waals surface area (Å²) in [5, 5.41) is 3.72. The normalized spacial score (nSPS) is 12.4. The van der Waals surface area contributed by atoms with Crippen molar-refractivity contribution >= 4 is 11.6 Å². The second-order valence-corrected chi connectivity index (χ2v) is 4.21. The molecule has 0 bridgehead atoms. The molecule has 0 aliphatic carbocycles. The van der Waals surface area contributed by atoms with Gasteiger partial charge in [-0.15, -0.1) is 0 Å². The predicted molar refractivity (Wildman–Crippen MR) is 68.8 cm³/mol. The van der Waals surface area contributed by atoms with Gasteiger partial charge in [0.2, 0.25) is 0 Å². The van der Waals surface area contributed by atoms with Crippen LogP contribution in [0.15, 0.2) is 48.5 Å². The van der Waals surface area contributed by atoms with Gasteiger partial charge in [-0.25, -0.2) is 4.39 Å². The quantitative estimate of drug-likeness (QED) is 0.873. The molecular weight excluding hydrogens is 237 g/mol. The van der Waals surface area contributed by atoms with Gasteiger partial charge in [-0.3, -0.25) is 0 Å². The summed E-state index contributed by atoms with van der Waals surface area (Å²) in [6, 6.07) is 14.1. The second kappa shape index (κ2) is 5.30. The molecule has 1 N–H and O–H groups in total. The van der Waals surface area contributed by atoms with Gasteiger partial charge >= 0.3 is 0 Å². The van der Waals surface area contributed by atoms with E-state index < -0.39 is 0 Å². The molecule has 0 radical (unpaired) electrons. The zero-order valence-electron chi connectivity index (χ0n) is 9.45. The van der Waals surface area contributed by atoms with E-state index in [1.165, 1.54) is 12.1 Å². The van der Waals surface area contributed by atoms with Crippen LogP contribution in [0.5, 0.6) is 0 Å². The van der Waals surface area contributed by atoms with Gasteiger partial charge < -0.3 is 5.32 Å². The van der Waals surface area contributed by atoms with Crippen LogP contribution in [0.25, 0.3) is 0 Å². The molecular formula is C14H13ClFN. The molecule has 0 aromatic heterocycles. The molecule has 0 heterocycles. The fourth-order valence-electron chi connectivity index (χ4n) is 1.88. The Kier molecular flexibility index (Phi) is 3.77. The molecule has 0 saturated heterocycles. The minimum absolute atomic E-state index is 0.0978. The fraction of sp³-hybridized carbons (Fsp3) is 0.143. The van der Waals surface area contributed by atoms with Crippen LogP contribution >= 0.6 is 11.6 Å². The average molecular weight is 250 g/mol. The van der Waals surface area contributed by atoms with Crippen LogP contribution in [0.2, 0.25) is 5.02 Å². The first kappa shape index (κ1) is 12.1. The standard InChI is InChI=1S/C14H13ClFN/c1-17-14(10-5-3-2-4-6-10)12-9-11(16)7-8-13(12)15/h2-9,14,17H,1H3. The van der Waals surface area contributed by atoms with E-state index in [4.69, 9.17) is 11.6 Å². The highest BCUT2D eigenvalue weighted by molar-refractivity contribution is 6.31. The largest absolute Gasteiger partial charge is 0.309 e. The molecule has 0 saturated carbocycles. The molecule has 2 rings (SSSR count). The van der Waals surface area contributed by atoms with E-state index in [1.807, 2.05) is 37.4 Å². The summed E-state index contributed by atoms with van der Waals surface area (Å²) in [6.07, 6.45) is 0. The summed E-state index contributed by atoms with van der Waals surface area (Å²) in [5.74, 6) is -0.277. The Balaban J connectivity index is 2.46. The summed E-state index contributed by atoms with van der Waals surface area (Å²) >= 11 is 6.11. The molecule has 1 atom stereocenters. The summed E-state index contributed by atoms with van der Waals surface area (Å²) < 4.78 is 13.3. The summed E-state index contributed by atoms with van der Waals surface area (Å²) in [5.41, 5.74) is 1.81. The molecule has 0 spiro atoms. The lowest BCUT2D eigenvalue weighted by atomic mass is 9.99. The van der Waals surface area contributed by atoms with Crippen molar-refractivity contribution in [2.24, 2.45) is 0 Å². The van der Waals surface area contributed by atoms with Crippen molar-refractivity contribution in [3.63, 3.8) is 0 Å². The van der Waals surface area contributed by atoms with Gasteiger partial charge in [-0.1, -0.05) is 41.9 Å². The molecule has 3 heteroatoms. The predicted octanol–water partition coefficient (Wildman–Crippen LogP) is 3.79. The molecule has 0 amide bonds. The Labute approximate surface area is 105 Å². The first-order valence-corrected chi connectivity index (χ1v) is 5.77. The molecule has 0 aliphatic rings. The van der Waals surface area contributed by atoms with Gasteiger partial charge in [0.05, 0.1) is 6.04 Å². The van der Waals surface area contributed by atoms with Crippen molar-refractivity contribution in [2.75, 3.05) is 7.05 Å². The van der Waals surface area contributed by atoms with E-state index in [0.29, 0.717) is 5.02 Å². The molecule has 0 aliphatic heterocycles. The number of halogens is 2. The average Bonchev–Trinajstić information content (AvgIpc) is 2.36. The zero-order chi connectivity index (χ0) is 12.3. The van der Waals surface area contributed by atoms with Crippen molar-refractivity contribution in [2.45, 2.75) is 6.04 Å². The number of hydrogen-bond donors (Lipinski definition) is 1. The number of rotatable bonds is 3. The first-order valence-electron chi connectivity index (χ1n) is 5.39. The SMILES string of the molecule is CNC(c1ccccc1)c1cc(F)ccc1Cl. The van der Waals surface area contributed by atoms with Crippen molar-refractivity contribution in [1.29, 1.82) is 0 Å². The number of hydrogen-bond acceptors (Lipinski definition) is 1. The van der Waals surface area contributed by atoms with Gasteiger partial charge in [-0.2, -0.15) is 0 Å². The minimum atomic E-state index is -0.277. The third kappa shape index (κ3) is 2.65. The van der Waals surface area contributed by atoms with Gasteiger partial charge in [0.1, 0.15) is 5.82 Å². The smallest absolute Gasteiger partial charge is 0.123 e. The fourth-order valence-corrected chi connectivity index (χ4v) is 2.11. The lowest BCUT2D eigenvalue weighted by molar-refractivity contribution is 0.617. The summed E-state index contributed by atoms with van der Waals surface area (Å²) in [6.45, 7) is 0. The highest BCUT2D eigenvalue weighted by Gasteiger charge is 2.15. The van der Waals surface area contributed by atoms with Crippen molar-refractivity contribution in [3.8, 4) is 0 Å². The number of nitrogens with one attached hydrogen (secondary N) is 1. The number of benzene rings is 2. The summed E-state index contributed by atoms with van der Waals surface area (Å²) in [4.78, 5) is 0. The third-order valence-electron chi connectivity index (χ3n) is 2.69. The Morgan fingerprint density at radius 1 is 1.12 bits per heavy atom. The van der Waals surface area contributed by atoms with Gasteiger partial charge in [0.15, 0.2) is 0 Å². The van der Waals surface area contributed by atoms with Crippen LogP contribution in [-0.4, -0.2) is 7.05 Å². The van der Waals surface area contributed by atoms with Crippen LogP contribution in [0.4, 0.5) is 4.39 Å². The van der Waals surface area contributed by atoms with Gasteiger partial charge in [0, 0.05) is 5.02 Å². The Morgan fingerprint density at radius 3 is 2.47 bits per heavy atom. The third-order valence-corrected chi connectivity index (χ3v) is 3.03. The van der Waals surface area contributed by atoms with Crippen LogP contribution in [-0.2, 0) is 0 Å². The van der Waals surface area contributed by atoms with Gasteiger partial charge in [0.25, 0.3) is 0 Å². The zero-order valence-corrected chi connectivity index (χ0v) is 10.2.